The van der Waals surface area contributed by atoms with Crippen molar-refractivity contribution in [3.63, 3.8) is 0 Å². The van der Waals surface area contributed by atoms with Crippen molar-refractivity contribution in [2.24, 2.45) is 0 Å². The average Bonchev–Trinajstić information content (AvgIpc) is 2.45. The quantitative estimate of drug-likeness (QED) is 0.886. The molecule has 0 amide bonds. The average molecular weight is 305 g/mol. The molecule has 0 bridgehead atoms. The summed E-state index contributed by atoms with van der Waals surface area (Å²) in [6.45, 7) is 0.411. The first-order valence-corrected chi connectivity index (χ1v) is 8.12. The Balaban J connectivity index is 2.12. The van der Waals surface area contributed by atoms with E-state index in [1.807, 2.05) is 0 Å². The highest BCUT2D eigenvalue weighted by molar-refractivity contribution is 7.90. The summed E-state index contributed by atoms with van der Waals surface area (Å²) in [7, 11) is -3.20. The fourth-order valence-electron chi connectivity index (χ4n) is 1.88. The zero-order valence-electron chi connectivity index (χ0n) is 11.4. The van der Waals surface area contributed by atoms with Gasteiger partial charge < -0.3 is 10.4 Å². The smallest absolute Gasteiger partial charge is 0.337 e. The van der Waals surface area contributed by atoms with E-state index in [9.17, 15) is 13.2 Å². The standard InChI is InChI=1S/C15H15NO4S/c1-21(19,20)12-8-6-11(7-9-12)10-16-14-5-3-2-4-13(14)15(17)18/h2-9,16H,10H2,1H3,(H,17,18). The maximum absolute atomic E-state index is 11.4. The lowest BCUT2D eigenvalue weighted by atomic mass is 10.1. The van der Waals surface area contributed by atoms with Crippen LogP contribution in [0.1, 0.15) is 15.9 Å². The minimum Gasteiger partial charge on any atom is -0.478 e. The Labute approximate surface area is 123 Å². The minimum absolute atomic E-state index is 0.199. The van der Waals surface area contributed by atoms with Gasteiger partial charge in [0.15, 0.2) is 9.84 Å². The predicted molar refractivity (Wildman–Crippen MR) is 80.3 cm³/mol. The largest absolute Gasteiger partial charge is 0.478 e. The molecule has 2 aromatic rings. The van der Waals surface area contributed by atoms with E-state index in [2.05, 4.69) is 5.32 Å². The van der Waals surface area contributed by atoms with Gasteiger partial charge in [0.25, 0.3) is 0 Å². The molecule has 0 aliphatic carbocycles. The SMILES string of the molecule is CS(=O)(=O)c1ccc(CNc2ccccc2C(=O)O)cc1. The van der Waals surface area contributed by atoms with Crippen molar-refractivity contribution in [2.45, 2.75) is 11.4 Å². The Hall–Kier alpha value is -2.34. The molecule has 0 fully saturated rings. The normalized spacial score (nSPS) is 11.1. The highest BCUT2D eigenvalue weighted by Gasteiger charge is 2.09. The molecule has 0 heterocycles. The number of carbonyl (C=O) groups is 1. The molecule has 2 rings (SSSR count). The number of aromatic carboxylic acids is 1. The summed E-state index contributed by atoms with van der Waals surface area (Å²) in [6, 6.07) is 13.1. The van der Waals surface area contributed by atoms with Crippen LogP contribution < -0.4 is 5.32 Å². The molecular weight excluding hydrogens is 290 g/mol. The summed E-state index contributed by atoms with van der Waals surface area (Å²) < 4.78 is 22.7. The fraction of sp³-hybridized carbons (Fsp3) is 0.133. The minimum atomic E-state index is -3.20. The zero-order chi connectivity index (χ0) is 15.5. The number of carboxylic acid groups (broad SMARTS) is 1. The second-order valence-electron chi connectivity index (χ2n) is 4.62. The van der Waals surface area contributed by atoms with Gasteiger partial charge in [-0.25, -0.2) is 13.2 Å². The van der Waals surface area contributed by atoms with Crippen LogP contribution >= 0.6 is 0 Å². The van der Waals surface area contributed by atoms with E-state index in [0.717, 1.165) is 11.8 Å². The third-order valence-electron chi connectivity index (χ3n) is 2.99. The van der Waals surface area contributed by atoms with Crippen LogP contribution in [0.3, 0.4) is 0 Å². The number of sulfone groups is 1. The highest BCUT2D eigenvalue weighted by Crippen LogP contribution is 2.17. The van der Waals surface area contributed by atoms with Gasteiger partial charge in [-0.2, -0.15) is 0 Å². The maximum Gasteiger partial charge on any atom is 0.337 e. The topological polar surface area (TPSA) is 83.5 Å². The highest BCUT2D eigenvalue weighted by atomic mass is 32.2. The summed E-state index contributed by atoms with van der Waals surface area (Å²) in [5.41, 5.74) is 1.59. The van der Waals surface area contributed by atoms with Gasteiger partial charge in [-0.1, -0.05) is 24.3 Å². The van der Waals surface area contributed by atoms with Crippen LogP contribution in [-0.4, -0.2) is 25.7 Å². The monoisotopic (exact) mass is 305 g/mol. The first-order chi connectivity index (χ1) is 9.88. The fourth-order valence-corrected chi connectivity index (χ4v) is 2.51. The van der Waals surface area contributed by atoms with Gasteiger partial charge in [-0.15, -0.1) is 0 Å². The molecule has 0 saturated heterocycles. The molecule has 6 heteroatoms. The molecule has 0 aromatic heterocycles. The Bertz CT molecular complexity index is 751. The van der Waals surface area contributed by atoms with Crippen LogP contribution in [0.25, 0.3) is 0 Å². The van der Waals surface area contributed by atoms with Gasteiger partial charge in [-0.05, 0) is 29.8 Å². The first-order valence-electron chi connectivity index (χ1n) is 6.23. The van der Waals surface area contributed by atoms with Crippen molar-refractivity contribution in [3.8, 4) is 0 Å². The van der Waals surface area contributed by atoms with E-state index < -0.39 is 15.8 Å². The predicted octanol–water partition coefficient (Wildman–Crippen LogP) is 2.40. The molecule has 0 aliphatic rings. The molecule has 0 saturated carbocycles. The molecule has 21 heavy (non-hydrogen) atoms. The van der Waals surface area contributed by atoms with Gasteiger partial charge in [0.05, 0.1) is 10.5 Å². The third kappa shape index (κ3) is 3.82. The van der Waals surface area contributed by atoms with Crippen molar-refractivity contribution >= 4 is 21.5 Å². The lowest BCUT2D eigenvalue weighted by molar-refractivity contribution is 0.0698. The molecule has 0 unspecified atom stereocenters. The molecule has 0 atom stereocenters. The number of nitrogens with one attached hydrogen (secondary N) is 1. The molecule has 5 nitrogen and oxygen atoms in total. The summed E-state index contributed by atoms with van der Waals surface area (Å²) in [5.74, 6) is -0.995. The lowest BCUT2D eigenvalue weighted by Gasteiger charge is -2.09. The number of hydrogen-bond acceptors (Lipinski definition) is 4. The van der Waals surface area contributed by atoms with Crippen LogP contribution in [-0.2, 0) is 16.4 Å². The van der Waals surface area contributed by atoms with Crippen molar-refractivity contribution in [2.75, 3.05) is 11.6 Å². The Kier molecular flexibility index (Phi) is 4.28. The number of benzene rings is 2. The lowest BCUT2D eigenvalue weighted by Crippen LogP contribution is -2.06. The van der Waals surface area contributed by atoms with Crippen LogP contribution in [0.2, 0.25) is 0 Å². The van der Waals surface area contributed by atoms with Crippen molar-refractivity contribution in [1.82, 2.24) is 0 Å². The summed E-state index contributed by atoms with van der Waals surface area (Å²) in [4.78, 5) is 11.3. The molecule has 2 aromatic carbocycles. The van der Waals surface area contributed by atoms with Gasteiger partial charge in [0, 0.05) is 18.5 Å². The van der Waals surface area contributed by atoms with Crippen LogP contribution in [0.4, 0.5) is 5.69 Å². The summed E-state index contributed by atoms with van der Waals surface area (Å²) in [6.07, 6.45) is 1.16. The first kappa shape index (κ1) is 15.1. The molecule has 0 radical (unpaired) electrons. The van der Waals surface area contributed by atoms with E-state index in [-0.39, 0.29) is 10.5 Å². The van der Waals surface area contributed by atoms with Crippen molar-refractivity contribution in [3.05, 3.63) is 59.7 Å². The molecule has 2 N–H and O–H groups in total. The van der Waals surface area contributed by atoms with E-state index in [1.54, 1.807) is 30.3 Å². The van der Waals surface area contributed by atoms with Gasteiger partial charge in [-0.3, -0.25) is 0 Å². The molecule has 110 valence electrons. The van der Waals surface area contributed by atoms with E-state index in [0.29, 0.717) is 12.2 Å². The second kappa shape index (κ2) is 5.97. The molecule has 0 spiro atoms. The second-order valence-corrected chi connectivity index (χ2v) is 6.64. The van der Waals surface area contributed by atoms with Gasteiger partial charge in [0.1, 0.15) is 0 Å². The van der Waals surface area contributed by atoms with Gasteiger partial charge in [0.2, 0.25) is 0 Å². The third-order valence-corrected chi connectivity index (χ3v) is 4.12. The van der Waals surface area contributed by atoms with Crippen molar-refractivity contribution < 1.29 is 18.3 Å². The molecular formula is C15H15NO4S. The Morgan fingerprint density at radius 2 is 1.71 bits per heavy atom. The van der Waals surface area contributed by atoms with E-state index >= 15 is 0 Å². The van der Waals surface area contributed by atoms with Crippen LogP contribution in [0.15, 0.2) is 53.4 Å². The summed E-state index contributed by atoms with van der Waals surface area (Å²) >= 11 is 0. The number of para-hydroxylation sites is 1. The maximum atomic E-state index is 11.4. The van der Waals surface area contributed by atoms with Gasteiger partial charge >= 0.3 is 5.97 Å². The van der Waals surface area contributed by atoms with E-state index in [4.69, 9.17) is 5.11 Å². The Morgan fingerprint density at radius 1 is 1.10 bits per heavy atom. The van der Waals surface area contributed by atoms with Crippen LogP contribution in [0.5, 0.6) is 0 Å². The number of anilines is 1. The number of rotatable bonds is 5. The summed E-state index contributed by atoms with van der Waals surface area (Å²) in [5, 5.41) is 12.1. The molecule has 0 aliphatic heterocycles. The Morgan fingerprint density at radius 3 is 2.29 bits per heavy atom. The van der Waals surface area contributed by atoms with E-state index in [1.165, 1.54) is 18.2 Å². The number of hydrogen-bond donors (Lipinski definition) is 2. The van der Waals surface area contributed by atoms with Crippen molar-refractivity contribution in [1.29, 1.82) is 0 Å². The zero-order valence-corrected chi connectivity index (χ0v) is 12.2. The number of carboxylic acids is 1. The van der Waals surface area contributed by atoms with Crippen LogP contribution in [0, 0.1) is 0 Å².